The molecule has 0 saturated heterocycles. The molecule has 0 aromatic carbocycles. The van der Waals surface area contributed by atoms with Gasteiger partial charge in [-0.1, -0.05) is 147 Å². The van der Waals surface area contributed by atoms with Gasteiger partial charge < -0.3 is 19.7 Å². The van der Waals surface area contributed by atoms with Crippen molar-refractivity contribution in [1.29, 1.82) is 0 Å². The summed E-state index contributed by atoms with van der Waals surface area (Å²) in [6.45, 7) is 4.17. The van der Waals surface area contributed by atoms with Crippen molar-refractivity contribution in [2.45, 2.75) is 200 Å². The van der Waals surface area contributed by atoms with Gasteiger partial charge in [-0.2, -0.15) is 0 Å². The maximum absolute atomic E-state index is 12.6. The third-order valence-corrected chi connectivity index (χ3v) is 10.2. The predicted molar refractivity (Wildman–Crippen MR) is 225 cm³/mol. The average molecular weight is 784 g/mol. The lowest BCUT2D eigenvalue weighted by Gasteiger charge is -2.20. The van der Waals surface area contributed by atoms with Crippen molar-refractivity contribution < 1.29 is 37.6 Å². The quantitative estimate of drug-likeness (QED) is 0.0270. The molecule has 0 heterocycles. The van der Waals surface area contributed by atoms with E-state index in [-0.39, 0.29) is 32.0 Å². The third-order valence-electron chi connectivity index (χ3n) is 9.23. The van der Waals surface area contributed by atoms with Crippen LogP contribution in [0, 0.1) is 0 Å². The zero-order valence-corrected chi connectivity index (χ0v) is 35.8. The van der Waals surface area contributed by atoms with Crippen LogP contribution < -0.4 is 5.32 Å². The van der Waals surface area contributed by atoms with Gasteiger partial charge in [-0.15, -0.1) is 0 Å². The van der Waals surface area contributed by atoms with Gasteiger partial charge >= 0.3 is 19.8 Å². The molecule has 0 aromatic rings. The summed E-state index contributed by atoms with van der Waals surface area (Å²) in [6, 6.07) is 0. The number of unbranched alkanes of at least 4 members (excludes halogenated alkanes) is 21. The second-order valence-electron chi connectivity index (χ2n) is 14.5. The second kappa shape index (κ2) is 40.9. The zero-order valence-electron chi connectivity index (χ0n) is 34.9. The molecule has 0 aromatic heterocycles. The van der Waals surface area contributed by atoms with Crippen LogP contribution in [0.5, 0.6) is 0 Å². The van der Waals surface area contributed by atoms with E-state index in [1.807, 2.05) is 0 Å². The van der Waals surface area contributed by atoms with E-state index >= 15 is 0 Å². The number of carbonyl (C=O) groups is 2. The van der Waals surface area contributed by atoms with Gasteiger partial charge in [-0.3, -0.25) is 18.6 Å². The SMILES string of the molecule is CCCCC/C=C\C/C=C\CCCCCCCCCCCC(=O)OCC(COP(=O)(O)OCCNC)OC(=O)CCCCCCC/C=C\CCCCCC. The molecule has 9 nitrogen and oxygen atoms in total. The van der Waals surface area contributed by atoms with Gasteiger partial charge in [0.2, 0.25) is 0 Å². The molecule has 2 N–H and O–H groups in total. The Morgan fingerprint density at radius 1 is 0.574 bits per heavy atom. The van der Waals surface area contributed by atoms with E-state index in [0.717, 1.165) is 57.8 Å². The predicted octanol–water partition coefficient (Wildman–Crippen LogP) is 12.4. The molecule has 54 heavy (non-hydrogen) atoms. The third kappa shape index (κ3) is 39.9. The first kappa shape index (κ1) is 52.2. The maximum Gasteiger partial charge on any atom is 0.472 e. The number of esters is 2. The Bertz CT molecular complexity index is 986. The number of likely N-dealkylation sites (N-methyl/N-ethyl adjacent to an activating group) is 1. The van der Waals surface area contributed by atoms with Crippen LogP contribution in [0.3, 0.4) is 0 Å². The Morgan fingerprint density at radius 3 is 1.52 bits per heavy atom. The molecule has 0 aliphatic rings. The van der Waals surface area contributed by atoms with Crippen molar-refractivity contribution in [2.75, 3.05) is 33.4 Å². The van der Waals surface area contributed by atoms with Gasteiger partial charge in [0, 0.05) is 19.4 Å². The summed E-state index contributed by atoms with van der Waals surface area (Å²) in [6.07, 6.45) is 43.3. The first-order valence-electron chi connectivity index (χ1n) is 21.9. The Morgan fingerprint density at radius 2 is 1.00 bits per heavy atom. The summed E-state index contributed by atoms with van der Waals surface area (Å²) in [4.78, 5) is 35.0. The Hall–Kier alpha value is -1.77. The van der Waals surface area contributed by atoms with E-state index < -0.39 is 26.5 Å². The molecule has 0 bridgehead atoms. The number of ether oxygens (including phenoxy) is 2. The molecule has 10 heteroatoms. The number of carbonyl (C=O) groups excluding carboxylic acids is 2. The zero-order chi connectivity index (χ0) is 39.6. The molecule has 2 unspecified atom stereocenters. The molecule has 0 spiro atoms. The van der Waals surface area contributed by atoms with Crippen LogP contribution >= 0.6 is 7.82 Å². The molecule has 316 valence electrons. The van der Waals surface area contributed by atoms with E-state index in [4.69, 9.17) is 18.5 Å². The molecule has 0 amide bonds. The van der Waals surface area contributed by atoms with Gasteiger partial charge in [0.15, 0.2) is 6.10 Å². The molecule has 0 rings (SSSR count). The van der Waals surface area contributed by atoms with Gasteiger partial charge in [0.25, 0.3) is 0 Å². The fourth-order valence-corrected chi connectivity index (χ4v) is 6.62. The van der Waals surface area contributed by atoms with Gasteiger partial charge in [0.05, 0.1) is 13.2 Å². The minimum Gasteiger partial charge on any atom is -0.462 e. The number of allylic oxidation sites excluding steroid dienone is 6. The van der Waals surface area contributed by atoms with E-state index in [9.17, 15) is 19.0 Å². The van der Waals surface area contributed by atoms with Crippen LogP contribution in [0.4, 0.5) is 0 Å². The fraction of sp³-hybridized carbons (Fsp3) is 0.818. The van der Waals surface area contributed by atoms with E-state index in [1.165, 1.54) is 103 Å². The van der Waals surface area contributed by atoms with Crippen LogP contribution in [0.15, 0.2) is 36.5 Å². The van der Waals surface area contributed by atoms with Crippen molar-refractivity contribution in [3.63, 3.8) is 0 Å². The highest BCUT2D eigenvalue weighted by atomic mass is 31.2. The van der Waals surface area contributed by atoms with Gasteiger partial charge in [-0.25, -0.2) is 4.57 Å². The summed E-state index contributed by atoms with van der Waals surface area (Å²) < 4.78 is 33.2. The lowest BCUT2D eigenvalue weighted by molar-refractivity contribution is -0.161. The number of hydrogen-bond acceptors (Lipinski definition) is 8. The van der Waals surface area contributed by atoms with Gasteiger partial charge in [-0.05, 0) is 77.7 Å². The smallest absolute Gasteiger partial charge is 0.462 e. The summed E-state index contributed by atoms with van der Waals surface area (Å²) in [5, 5.41) is 2.82. The fourth-order valence-electron chi connectivity index (χ4n) is 5.87. The van der Waals surface area contributed by atoms with Crippen molar-refractivity contribution in [3.05, 3.63) is 36.5 Å². The molecule has 2 atom stereocenters. The van der Waals surface area contributed by atoms with Crippen LogP contribution in [-0.2, 0) is 32.7 Å². The first-order valence-corrected chi connectivity index (χ1v) is 23.4. The number of nitrogens with one attached hydrogen (secondary N) is 1. The molecule has 0 fully saturated rings. The number of phosphoric acid groups is 1. The highest BCUT2D eigenvalue weighted by Crippen LogP contribution is 2.43. The van der Waals surface area contributed by atoms with Crippen LogP contribution in [-0.4, -0.2) is 56.3 Å². The van der Waals surface area contributed by atoms with Gasteiger partial charge in [0.1, 0.15) is 6.61 Å². The van der Waals surface area contributed by atoms with Crippen molar-refractivity contribution in [3.8, 4) is 0 Å². The molecular formula is C44H82NO8P. The second-order valence-corrected chi connectivity index (χ2v) is 16.0. The molecule has 0 aliphatic heterocycles. The van der Waals surface area contributed by atoms with E-state index in [1.54, 1.807) is 7.05 Å². The summed E-state index contributed by atoms with van der Waals surface area (Å²) in [5.74, 6) is -0.820. The van der Waals surface area contributed by atoms with E-state index in [2.05, 4.69) is 55.6 Å². The van der Waals surface area contributed by atoms with Crippen LogP contribution in [0.2, 0.25) is 0 Å². The van der Waals surface area contributed by atoms with E-state index in [0.29, 0.717) is 13.0 Å². The summed E-state index contributed by atoms with van der Waals surface area (Å²) in [7, 11) is -2.65. The highest BCUT2D eigenvalue weighted by molar-refractivity contribution is 7.47. The van der Waals surface area contributed by atoms with Crippen LogP contribution in [0.25, 0.3) is 0 Å². The maximum atomic E-state index is 12.6. The number of phosphoric ester groups is 1. The normalized spacial score (nSPS) is 13.6. The lowest BCUT2D eigenvalue weighted by Crippen LogP contribution is -2.29. The largest absolute Gasteiger partial charge is 0.472 e. The number of hydrogen-bond donors (Lipinski definition) is 2. The molecular weight excluding hydrogens is 701 g/mol. The standard InChI is InChI=1S/C44H82NO8P/c1-4-6-8-10-12-14-16-18-19-20-21-22-23-25-26-28-30-32-34-36-43(46)50-40-42(41-52-54(48,49)51-39-38-45-3)53-44(47)37-35-33-31-29-27-24-17-15-13-11-9-7-5-2/h12,14-15,17-19,42,45H,4-11,13,16,20-41H2,1-3H3,(H,48,49)/b14-12-,17-15-,19-18-. The minimum atomic E-state index is -4.35. The summed E-state index contributed by atoms with van der Waals surface area (Å²) in [5.41, 5.74) is 0. The molecule has 0 saturated carbocycles. The van der Waals surface area contributed by atoms with Crippen molar-refractivity contribution in [1.82, 2.24) is 5.32 Å². The Labute approximate surface area is 331 Å². The van der Waals surface area contributed by atoms with Crippen molar-refractivity contribution >= 4 is 19.8 Å². The van der Waals surface area contributed by atoms with Crippen LogP contribution in [0.1, 0.15) is 194 Å². The summed E-state index contributed by atoms with van der Waals surface area (Å²) >= 11 is 0. The minimum absolute atomic E-state index is 0.0192. The average Bonchev–Trinajstić information content (AvgIpc) is 3.15. The van der Waals surface area contributed by atoms with Crippen molar-refractivity contribution in [2.24, 2.45) is 0 Å². The lowest BCUT2D eigenvalue weighted by atomic mass is 10.1. The molecule has 0 aliphatic carbocycles. The monoisotopic (exact) mass is 784 g/mol. The first-order chi connectivity index (χ1) is 26.3. The number of rotatable bonds is 41. The Balaban J connectivity index is 4.19. The highest BCUT2D eigenvalue weighted by Gasteiger charge is 2.26. The topological polar surface area (TPSA) is 120 Å². The Kier molecular flexibility index (Phi) is 39.5. The molecule has 0 radical (unpaired) electrons.